The molecular weight excluding hydrogens is 766 g/mol. The van der Waals surface area contributed by atoms with Gasteiger partial charge in [-0.3, -0.25) is 29.6 Å². The minimum atomic E-state index is -1.88. The van der Waals surface area contributed by atoms with Crippen LogP contribution in [0.15, 0.2) is 109 Å². The van der Waals surface area contributed by atoms with E-state index in [4.69, 9.17) is 19.4 Å². The average Bonchev–Trinajstić information content (AvgIpc) is 3.22. The van der Waals surface area contributed by atoms with Gasteiger partial charge in [-0.15, -0.1) is 0 Å². The van der Waals surface area contributed by atoms with Crippen molar-refractivity contribution in [1.82, 2.24) is 20.2 Å². The number of halogens is 1. The maximum absolute atomic E-state index is 14.2. The number of ether oxygens (including phenoxy) is 2. The minimum absolute atomic E-state index is 0.00259. The molecule has 0 bridgehead atoms. The highest BCUT2D eigenvalue weighted by atomic mass is 79.9. The highest BCUT2D eigenvalue weighted by Gasteiger charge is 2.48. The number of non-ortho nitro benzene ring substituents is 1. The molecule has 5 aromatic rings. The van der Waals surface area contributed by atoms with E-state index < -0.39 is 35.0 Å². The second kappa shape index (κ2) is 19.0. The summed E-state index contributed by atoms with van der Waals surface area (Å²) in [5.41, 5.74) is 4.13. The van der Waals surface area contributed by atoms with Crippen molar-refractivity contribution in [2.45, 2.75) is 50.6 Å². The molecule has 0 saturated heterocycles. The Morgan fingerprint density at radius 2 is 1.38 bits per heavy atom. The normalized spacial score (nSPS) is 12.1. The number of nitrogens with one attached hydrogen (secondary N) is 1. The van der Waals surface area contributed by atoms with E-state index >= 15 is 0 Å². The van der Waals surface area contributed by atoms with Crippen LogP contribution in [0.1, 0.15) is 54.9 Å². The molecular formula is C42H42BrN5O7. The first-order chi connectivity index (χ1) is 26.6. The second-order valence-electron chi connectivity index (χ2n) is 12.7. The Hall–Kier alpha value is -5.79. The standard InChI is InChI=1S/C42H42BrN5O7/c1-4-6-21-42(41(51)55-5-2,46-40(50)31-17-19-36(20-18-31)48(52)53)47(28-39(49)54-3)27-35-23-33(30-15-11-8-12-16-30)25-38(45-35)37-24-32(22-34(26-43)44-37)29-13-9-7-10-14-29/h7-20,22-25H,4-6,21,26-28H2,1-3H3,(H,46,50). The molecule has 3 aromatic carbocycles. The second-order valence-corrected chi connectivity index (χ2v) is 13.3. The molecule has 0 saturated carbocycles. The van der Waals surface area contributed by atoms with Crippen LogP contribution in [-0.2, 0) is 30.9 Å². The summed E-state index contributed by atoms with van der Waals surface area (Å²) in [6.45, 7) is 3.07. The van der Waals surface area contributed by atoms with Gasteiger partial charge in [0.25, 0.3) is 11.6 Å². The fourth-order valence-corrected chi connectivity index (χ4v) is 6.47. The molecule has 0 spiro atoms. The average molecular weight is 809 g/mol. The Balaban J connectivity index is 1.68. The molecule has 1 amide bonds. The van der Waals surface area contributed by atoms with E-state index in [2.05, 4.69) is 21.2 Å². The summed E-state index contributed by atoms with van der Waals surface area (Å²) in [6.07, 6.45) is 1.18. The maximum Gasteiger partial charge on any atom is 0.347 e. The number of amides is 1. The fourth-order valence-electron chi connectivity index (χ4n) is 6.18. The molecule has 1 unspecified atom stereocenters. The molecule has 0 radical (unpaired) electrons. The number of alkyl halides is 1. The molecule has 55 heavy (non-hydrogen) atoms. The molecule has 0 fully saturated rings. The van der Waals surface area contributed by atoms with Gasteiger partial charge in [0.05, 0.1) is 48.0 Å². The van der Waals surface area contributed by atoms with Crippen LogP contribution in [0.25, 0.3) is 33.6 Å². The zero-order chi connectivity index (χ0) is 39.4. The predicted molar refractivity (Wildman–Crippen MR) is 213 cm³/mol. The Labute approximate surface area is 328 Å². The van der Waals surface area contributed by atoms with Crippen LogP contribution in [0.4, 0.5) is 5.69 Å². The number of rotatable bonds is 17. The largest absolute Gasteiger partial charge is 0.468 e. The number of unbranched alkanes of at least 4 members (excludes halogenated alkanes) is 1. The summed E-state index contributed by atoms with van der Waals surface area (Å²) in [5, 5.41) is 14.7. The van der Waals surface area contributed by atoms with Crippen LogP contribution in [0.2, 0.25) is 0 Å². The third kappa shape index (κ3) is 10.0. The first kappa shape index (κ1) is 40.4. The number of pyridine rings is 2. The number of esters is 2. The minimum Gasteiger partial charge on any atom is -0.468 e. The van der Waals surface area contributed by atoms with Crippen molar-refractivity contribution in [1.29, 1.82) is 0 Å². The van der Waals surface area contributed by atoms with E-state index in [0.29, 0.717) is 35.3 Å². The van der Waals surface area contributed by atoms with Gasteiger partial charge in [-0.25, -0.2) is 9.78 Å². The Kier molecular flexibility index (Phi) is 14.0. The number of carbonyl (C=O) groups excluding carboxylic acids is 3. The van der Waals surface area contributed by atoms with E-state index in [1.54, 1.807) is 6.92 Å². The zero-order valence-electron chi connectivity index (χ0n) is 30.9. The smallest absolute Gasteiger partial charge is 0.347 e. The highest BCUT2D eigenvalue weighted by Crippen LogP contribution is 2.32. The van der Waals surface area contributed by atoms with Crippen molar-refractivity contribution >= 4 is 39.5 Å². The van der Waals surface area contributed by atoms with E-state index in [9.17, 15) is 24.5 Å². The van der Waals surface area contributed by atoms with Gasteiger partial charge in [0.2, 0.25) is 0 Å². The third-order valence-corrected chi connectivity index (χ3v) is 9.55. The number of nitro benzene ring substituents is 1. The SMILES string of the molecule is CCCCC(NC(=O)c1ccc([N+](=O)[O-])cc1)(C(=O)OCC)N(CC(=O)OC)Cc1cc(-c2ccccc2)cc(-c2cc(-c3ccccc3)cc(CBr)n2)n1. The van der Waals surface area contributed by atoms with Crippen molar-refractivity contribution in [2.24, 2.45) is 0 Å². The zero-order valence-corrected chi connectivity index (χ0v) is 32.5. The van der Waals surface area contributed by atoms with Crippen LogP contribution >= 0.6 is 15.9 Å². The predicted octanol–water partition coefficient (Wildman–Crippen LogP) is 8.14. The quantitative estimate of drug-likeness (QED) is 0.0320. The van der Waals surface area contributed by atoms with Gasteiger partial charge in [0, 0.05) is 29.6 Å². The van der Waals surface area contributed by atoms with E-state index in [1.165, 1.54) is 36.3 Å². The number of aromatic nitrogens is 2. The molecule has 5 rings (SSSR count). The van der Waals surface area contributed by atoms with Crippen LogP contribution in [0.5, 0.6) is 0 Å². The molecule has 2 heterocycles. The highest BCUT2D eigenvalue weighted by molar-refractivity contribution is 9.08. The van der Waals surface area contributed by atoms with E-state index in [1.807, 2.05) is 91.9 Å². The fraction of sp³-hybridized carbons (Fsp3) is 0.262. The molecule has 1 atom stereocenters. The molecule has 0 aliphatic carbocycles. The summed E-state index contributed by atoms with van der Waals surface area (Å²) in [6, 6.07) is 32.5. The Morgan fingerprint density at radius 1 is 0.818 bits per heavy atom. The lowest BCUT2D eigenvalue weighted by Crippen LogP contribution is -2.66. The lowest BCUT2D eigenvalue weighted by Gasteiger charge is -2.41. The molecule has 1 N–H and O–H groups in total. The van der Waals surface area contributed by atoms with Crippen molar-refractivity contribution < 1.29 is 28.8 Å². The summed E-state index contributed by atoms with van der Waals surface area (Å²) < 4.78 is 10.7. The number of carbonyl (C=O) groups is 3. The van der Waals surface area contributed by atoms with Crippen LogP contribution in [-0.4, -0.2) is 63.6 Å². The summed E-state index contributed by atoms with van der Waals surface area (Å²) >= 11 is 3.57. The van der Waals surface area contributed by atoms with Gasteiger partial charge in [-0.1, -0.05) is 89.9 Å². The van der Waals surface area contributed by atoms with Gasteiger partial charge in [-0.2, -0.15) is 0 Å². The molecule has 13 heteroatoms. The number of nitrogens with zero attached hydrogens (tertiary/aromatic N) is 4. The summed E-state index contributed by atoms with van der Waals surface area (Å²) in [4.78, 5) is 63.6. The molecule has 284 valence electrons. The van der Waals surface area contributed by atoms with Crippen molar-refractivity contribution in [2.75, 3.05) is 20.3 Å². The third-order valence-electron chi connectivity index (χ3n) is 8.98. The topological polar surface area (TPSA) is 154 Å². The number of nitro groups is 1. The van der Waals surface area contributed by atoms with Crippen molar-refractivity contribution in [3.05, 3.63) is 136 Å². The molecule has 12 nitrogen and oxygen atoms in total. The molecule has 2 aromatic heterocycles. The number of hydrogen-bond acceptors (Lipinski definition) is 10. The lowest BCUT2D eigenvalue weighted by atomic mass is 9.97. The summed E-state index contributed by atoms with van der Waals surface area (Å²) in [7, 11) is 1.24. The van der Waals surface area contributed by atoms with Crippen LogP contribution < -0.4 is 5.32 Å². The number of hydrogen-bond donors (Lipinski definition) is 1. The Bertz CT molecular complexity index is 2120. The lowest BCUT2D eigenvalue weighted by molar-refractivity contribution is -0.384. The van der Waals surface area contributed by atoms with Crippen molar-refractivity contribution in [3.8, 4) is 33.6 Å². The van der Waals surface area contributed by atoms with Gasteiger partial charge >= 0.3 is 11.9 Å². The monoisotopic (exact) mass is 807 g/mol. The van der Waals surface area contributed by atoms with Gasteiger partial charge < -0.3 is 14.8 Å². The Morgan fingerprint density at radius 3 is 1.89 bits per heavy atom. The van der Waals surface area contributed by atoms with Crippen LogP contribution in [0, 0.1) is 10.1 Å². The summed E-state index contributed by atoms with van der Waals surface area (Å²) in [5.74, 6) is -2.13. The molecule has 0 aliphatic rings. The van der Waals surface area contributed by atoms with Gasteiger partial charge in [-0.05, 0) is 78.4 Å². The number of methoxy groups -OCH3 is 1. The number of benzene rings is 3. The first-order valence-electron chi connectivity index (χ1n) is 17.9. The van der Waals surface area contributed by atoms with Gasteiger partial charge in [0.1, 0.15) is 0 Å². The van der Waals surface area contributed by atoms with E-state index in [-0.39, 0.29) is 30.8 Å². The van der Waals surface area contributed by atoms with Crippen molar-refractivity contribution in [3.63, 3.8) is 0 Å². The first-order valence-corrected chi connectivity index (χ1v) is 19.0. The van der Waals surface area contributed by atoms with Crippen LogP contribution in [0.3, 0.4) is 0 Å². The van der Waals surface area contributed by atoms with E-state index in [0.717, 1.165) is 27.9 Å². The maximum atomic E-state index is 14.2. The van der Waals surface area contributed by atoms with Gasteiger partial charge in [0.15, 0.2) is 5.66 Å². The molecule has 0 aliphatic heterocycles.